The van der Waals surface area contributed by atoms with Crippen LogP contribution < -0.4 is 4.74 Å². The minimum Gasteiger partial charge on any atom is -0.478 e. The van der Waals surface area contributed by atoms with Gasteiger partial charge in [-0.25, -0.2) is 0 Å². The number of hydrogen-bond donors (Lipinski definition) is 1. The number of β-lactam (4-membered cyclic amide) rings is 1. The second-order valence-corrected chi connectivity index (χ2v) is 7.46. The molecule has 158 valence electrons. The van der Waals surface area contributed by atoms with Crippen LogP contribution in [0.2, 0.25) is 0 Å². The maximum absolute atomic E-state index is 12.9. The molecule has 2 amide bonds. The lowest BCUT2D eigenvalue weighted by molar-refractivity contribution is -0.168. The average Bonchev–Trinajstić information content (AvgIpc) is 2.79. The Morgan fingerprint density at radius 2 is 1.80 bits per heavy atom. The minimum atomic E-state index is -0.698. The van der Waals surface area contributed by atoms with E-state index >= 15 is 0 Å². The molecule has 0 spiro atoms. The molecule has 8 heteroatoms. The molecule has 3 heterocycles. The Balaban J connectivity index is 1.44. The molecule has 1 aromatic carbocycles. The third-order valence-electron chi connectivity index (χ3n) is 5.59. The maximum atomic E-state index is 12.9. The van der Waals surface area contributed by atoms with E-state index in [2.05, 4.69) is 9.88 Å². The topological polar surface area (TPSA) is 86.2 Å². The van der Waals surface area contributed by atoms with Gasteiger partial charge < -0.3 is 19.6 Å². The third-order valence-corrected chi connectivity index (χ3v) is 5.59. The van der Waals surface area contributed by atoms with Gasteiger partial charge in [0.15, 0.2) is 0 Å². The molecular formula is C22H26N4O4. The summed E-state index contributed by atoms with van der Waals surface area (Å²) in [6.45, 7) is 3.39. The van der Waals surface area contributed by atoms with Gasteiger partial charge in [-0.1, -0.05) is 24.3 Å². The van der Waals surface area contributed by atoms with Gasteiger partial charge in [0.2, 0.25) is 12.0 Å². The van der Waals surface area contributed by atoms with Crippen molar-refractivity contribution in [1.82, 2.24) is 19.7 Å². The van der Waals surface area contributed by atoms with Crippen LogP contribution in [-0.4, -0.2) is 88.6 Å². The molecule has 4 rings (SSSR count). The highest BCUT2D eigenvalue weighted by molar-refractivity contribution is 5.93. The average molecular weight is 410 g/mol. The number of para-hydroxylation sites is 1. The van der Waals surface area contributed by atoms with Crippen molar-refractivity contribution in [3.63, 3.8) is 0 Å². The van der Waals surface area contributed by atoms with Gasteiger partial charge in [-0.15, -0.1) is 0 Å². The number of amides is 2. The molecule has 2 unspecified atom stereocenters. The van der Waals surface area contributed by atoms with Gasteiger partial charge in [0.25, 0.3) is 5.91 Å². The zero-order valence-corrected chi connectivity index (χ0v) is 16.8. The van der Waals surface area contributed by atoms with E-state index in [1.165, 1.54) is 0 Å². The number of rotatable bonds is 7. The zero-order valence-electron chi connectivity index (χ0n) is 16.8. The molecule has 2 atom stereocenters. The summed E-state index contributed by atoms with van der Waals surface area (Å²) in [7, 11) is 0. The number of aliphatic hydroxyl groups is 1. The first kappa shape index (κ1) is 20.3. The summed E-state index contributed by atoms with van der Waals surface area (Å²) in [5.41, 5.74) is 0.707. The van der Waals surface area contributed by atoms with E-state index < -0.39 is 12.1 Å². The van der Waals surface area contributed by atoms with Crippen molar-refractivity contribution in [2.45, 2.75) is 12.1 Å². The molecular weight excluding hydrogens is 384 g/mol. The Labute approximate surface area is 175 Å². The number of carbonyl (C=O) groups excluding carboxylic acids is 2. The van der Waals surface area contributed by atoms with Gasteiger partial charge in [-0.2, -0.15) is 0 Å². The first-order chi connectivity index (χ1) is 14.7. The monoisotopic (exact) mass is 410 g/mol. The molecule has 2 aromatic rings. The van der Waals surface area contributed by atoms with Gasteiger partial charge in [-0.05, 0) is 24.3 Å². The van der Waals surface area contributed by atoms with Crippen LogP contribution in [0.25, 0.3) is 0 Å². The Bertz CT molecular complexity index is 856. The van der Waals surface area contributed by atoms with E-state index in [9.17, 15) is 9.59 Å². The molecule has 1 N–H and O–H groups in total. The van der Waals surface area contributed by atoms with Crippen LogP contribution >= 0.6 is 0 Å². The normalized spacial score (nSPS) is 22.0. The fourth-order valence-electron chi connectivity index (χ4n) is 3.93. The molecule has 0 saturated carbocycles. The van der Waals surface area contributed by atoms with Crippen molar-refractivity contribution < 1.29 is 19.4 Å². The number of piperazine rings is 1. The van der Waals surface area contributed by atoms with Crippen molar-refractivity contribution in [3.05, 3.63) is 60.4 Å². The first-order valence-corrected chi connectivity index (χ1v) is 10.2. The molecule has 2 aliphatic rings. The molecule has 0 aliphatic carbocycles. The van der Waals surface area contributed by atoms with Gasteiger partial charge in [-0.3, -0.25) is 19.5 Å². The molecule has 8 nitrogen and oxygen atoms in total. The maximum Gasteiger partial charge on any atom is 0.267 e. The predicted octanol–water partition coefficient (Wildman–Crippen LogP) is 0.549. The second-order valence-electron chi connectivity index (χ2n) is 7.46. The number of likely N-dealkylation sites (tertiary alicyclic amines) is 1. The summed E-state index contributed by atoms with van der Waals surface area (Å²) in [4.78, 5) is 35.6. The number of aromatic nitrogens is 1. The van der Waals surface area contributed by atoms with E-state index in [-0.39, 0.29) is 25.0 Å². The van der Waals surface area contributed by atoms with Gasteiger partial charge in [0.05, 0.1) is 12.3 Å². The number of benzene rings is 1. The van der Waals surface area contributed by atoms with Crippen molar-refractivity contribution in [3.8, 4) is 5.75 Å². The number of nitrogens with zero attached hydrogens (tertiary/aromatic N) is 4. The summed E-state index contributed by atoms with van der Waals surface area (Å²) in [6.07, 6.45) is 0.981. The molecule has 0 radical (unpaired) electrons. The van der Waals surface area contributed by atoms with Crippen LogP contribution in [0.5, 0.6) is 5.75 Å². The minimum absolute atomic E-state index is 0.00865. The number of β-amino-alcohol motifs (C(OH)–C–C–N with tert-alkyl or cyclic N) is 1. The molecule has 1 aromatic heterocycles. The highest BCUT2D eigenvalue weighted by Crippen LogP contribution is 2.36. The Hall–Kier alpha value is -2.97. The third kappa shape index (κ3) is 4.29. The van der Waals surface area contributed by atoms with Gasteiger partial charge >= 0.3 is 0 Å². The van der Waals surface area contributed by atoms with Crippen LogP contribution in [-0.2, 0) is 9.59 Å². The Morgan fingerprint density at radius 3 is 2.47 bits per heavy atom. The van der Waals surface area contributed by atoms with E-state index in [4.69, 9.17) is 9.84 Å². The zero-order chi connectivity index (χ0) is 20.9. The molecule has 2 aliphatic heterocycles. The summed E-state index contributed by atoms with van der Waals surface area (Å²) >= 11 is 0. The summed E-state index contributed by atoms with van der Waals surface area (Å²) < 4.78 is 5.94. The van der Waals surface area contributed by atoms with Crippen LogP contribution in [0.4, 0.5) is 0 Å². The quantitative estimate of drug-likeness (QED) is 0.671. The number of hydrogen-bond acceptors (Lipinski definition) is 6. The standard InChI is InChI=1S/C22H26N4O4/c27-15-14-24-10-12-25(13-11-24)19(28)16-26-20(18-8-4-5-9-23-18)21(22(26)29)30-17-6-2-1-3-7-17/h1-9,20-21,27H,10-16H2. The van der Waals surface area contributed by atoms with E-state index in [0.29, 0.717) is 31.1 Å². The first-order valence-electron chi connectivity index (χ1n) is 10.2. The van der Waals surface area contributed by atoms with E-state index in [1.54, 1.807) is 16.0 Å². The number of aliphatic hydroxyl groups excluding tert-OH is 1. The van der Waals surface area contributed by atoms with Gasteiger partial charge in [0.1, 0.15) is 18.3 Å². The summed E-state index contributed by atoms with van der Waals surface area (Å²) in [6, 6.07) is 14.3. The van der Waals surface area contributed by atoms with Crippen molar-refractivity contribution in [2.24, 2.45) is 0 Å². The lowest BCUT2D eigenvalue weighted by Crippen LogP contribution is -2.64. The fraction of sp³-hybridized carbons (Fsp3) is 0.409. The Morgan fingerprint density at radius 1 is 1.07 bits per heavy atom. The molecule has 30 heavy (non-hydrogen) atoms. The predicted molar refractivity (Wildman–Crippen MR) is 110 cm³/mol. The van der Waals surface area contributed by atoms with Crippen LogP contribution in [0.15, 0.2) is 54.7 Å². The van der Waals surface area contributed by atoms with Gasteiger partial charge in [0, 0.05) is 38.9 Å². The lowest BCUT2D eigenvalue weighted by Gasteiger charge is -2.46. The highest BCUT2D eigenvalue weighted by atomic mass is 16.5. The Kier molecular flexibility index (Phi) is 6.25. The highest BCUT2D eigenvalue weighted by Gasteiger charge is 2.51. The van der Waals surface area contributed by atoms with E-state index in [0.717, 1.165) is 13.1 Å². The molecule has 2 fully saturated rings. The summed E-state index contributed by atoms with van der Waals surface area (Å²) in [5.74, 6) is 0.329. The SMILES string of the molecule is O=C(CN1C(=O)C(Oc2ccccc2)C1c1ccccn1)N1CCN(CCO)CC1. The molecule has 2 saturated heterocycles. The van der Waals surface area contributed by atoms with Crippen molar-refractivity contribution in [1.29, 1.82) is 0 Å². The summed E-state index contributed by atoms with van der Waals surface area (Å²) in [5, 5.41) is 9.07. The van der Waals surface area contributed by atoms with Crippen LogP contribution in [0, 0.1) is 0 Å². The lowest BCUT2D eigenvalue weighted by atomic mass is 9.93. The number of pyridine rings is 1. The largest absolute Gasteiger partial charge is 0.478 e. The number of ether oxygens (including phenoxy) is 1. The van der Waals surface area contributed by atoms with Crippen LogP contribution in [0.1, 0.15) is 11.7 Å². The van der Waals surface area contributed by atoms with Crippen molar-refractivity contribution >= 4 is 11.8 Å². The fourth-order valence-corrected chi connectivity index (χ4v) is 3.93. The van der Waals surface area contributed by atoms with E-state index in [1.807, 2.05) is 48.5 Å². The van der Waals surface area contributed by atoms with Crippen LogP contribution in [0.3, 0.4) is 0 Å². The second kappa shape index (κ2) is 9.23. The number of carbonyl (C=O) groups is 2. The molecule has 0 bridgehead atoms. The van der Waals surface area contributed by atoms with Crippen molar-refractivity contribution in [2.75, 3.05) is 45.9 Å². The smallest absolute Gasteiger partial charge is 0.267 e.